The molecule has 0 fully saturated rings. The topological polar surface area (TPSA) is 66.2 Å². The highest BCUT2D eigenvalue weighted by Crippen LogP contribution is 2.22. The number of H-pyrrole nitrogens is 1. The lowest BCUT2D eigenvalue weighted by Crippen LogP contribution is -1.96. The van der Waals surface area contributed by atoms with Crippen LogP contribution < -0.4 is 0 Å². The Balaban J connectivity index is 2.06. The second kappa shape index (κ2) is 6.47. The van der Waals surface area contributed by atoms with Crippen LogP contribution in [0.15, 0.2) is 52.0 Å². The zero-order valence-corrected chi connectivity index (χ0v) is 14.6. The molecule has 0 aliphatic heterocycles. The molecule has 0 aliphatic carbocycles. The predicted octanol–water partition coefficient (Wildman–Crippen LogP) is 4.27. The van der Waals surface area contributed by atoms with Crippen molar-refractivity contribution in [1.82, 2.24) is 14.9 Å². The number of aromatic nitrogens is 3. The first-order valence-electron chi connectivity index (χ1n) is 6.82. The van der Waals surface area contributed by atoms with Crippen LogP contribution in [-0.4, -0.2) is 26.2 Å². The van der Waals surface area contributed by atoms with Crippen LogP contribution >= 0.6 is 28.1 Å². The number of aromatic hydroxyl groups is 1. The number of hydrogen-bond acceptors (Lipinski definition) is 4. The number of aryl methyl sites for hydroxylation is 1. The Bertz CT molecular complexity index is 945. The van der Waals surface area contributed by atoms with Crippen LogP contribution in [-0.2, 0) is 0 Å². The van der Waals surface area contributed by atoms with Gasteiger partial charge in [0.05, 0.1) is 6.21 Å². The third kappa shape index (κ3) is 3.25. The van der Waals surface area contributed by atoms with E-state index in [4.69, 9.17) is 12.2 Å². The lowest BCUT2D eigenvalue weighted by Gasteiger charge is -2.04. The van der Waals surface area contributed by atoms with Gasteiger partial charge in [0, 0.05) is 15.6 Å². The van der Waals surface area contributed by atoms with Gasteiger partial charge in [-0.1, -0.05) is 40.2 Å². The summed E-state index contributed by atoms with van der Waals surface area (Å²) >= 11 is 8.62. The van der Waals surface area contributed by atoms with E-state index in [1.165, 1.54) is 4.68 Å². The van der Waals surface area contributed by atoms with E-state index in [-0.39, 0.29) is 5.75 Å². The van der Waals surface area contributed by atoms with Crippen molar-refractivity contribution in [3.8, 4) is 17.1 Å². The zero-order valence-electron chi connectivity index (χ0n) is 12.2. The van der Waals surface area contributed by atoms with E-state index in [0.717, 1.165) is 15.6 Å². The smallest absolute Gasteiger partial charge is 0.216 e. The lowest BCUT2D eigenvalue weighted by atomic mass is 10.1. The lowest BCUT2D eigenvalue weighted by molar-refractivity contribution is 0.474. The zero-order chi connectivity index (χ0) is 16.4. The second-order valence-corrected chi connectivity index (χ2v) is 6.23. The first-order chi connectivity index (χ1) is 11.1. The molecule has 0 spiro atoms. The van der Waals surface area contributed by atoms with E-state index < -0.39 is 0 Å². The fraction of sp³-hybridized carbons (Fsp3) is 0.0625. The molecule has 0 unspecified atom stereocenters. The van der Waals surface area contributed by atoms with Crippen LogP contribution in [0.1, 0.15) is 11.1 Å². The summed E-state index contributed by atoms with van der Waals surface area (Å²) in [6.07, 6.45) is 1.55. The summed E-state index contributed by atoms with van der Waals surface area (Å²) < 4.78 is 2.78. The Morgan fingerprint density at radius 1 is 1.30 bits per heavy atom. The molecule has 23 heavy (non-hydrogen) atoms. The maximum Gasteiger partial charge on any atom is 0.216 e. The number of halogens is 1. The molecule has 1 heterocycles. The van der Waals surface area contributed by atoms with Crippen molar-refractivity contribution in [3.63, 3.8) is 0 Å². The summed E-state index contributed by atoms with van der Waals surface area (Å²) in [5.74, 6) is 0.767. The minimum Gasteiger partial charge on any atom is -0.507 e. The van der Waals surface area contributed by atoms with Crippen LogP contribution in [0.25, 0.3) is 11.4 Å². The van der Waals surface area contributed by atoms with Gasteiger partial charge in [0.25, 0.3) is 0 Å². The molecule has 0 amide bonds. The van der Waals surface area contributed by atoms with Crippen molar-refractivity contribution in [1.29, 1.82) is 0 Å². The normalized spacial score (nSPS) is 11.2. The first kappa shape index (κ1) is 15.6. The highest BCUT2D eigenvalue weighted by atomic mass is 79.9. The number of hydrogen-bond donors (Lipinski definition) is 2. The van der Waals surface area contributed by atoms with E-state index in [1.54, 1.807) is 24.4 Å². The number of phenolic OH excluding ortho intramolecular Hbond substituents is 1. The monoisotopic (exact) mass is 388 g/mol. The van der Waals surface area contributed by atoms with Gasteiger partial charge < -0.3 is 5.11 Å². The SMILES string of the molecule is Cc1ccccc1-c1n[nH]c(=S)n1N=Cc1cc(Br)ccc1O. The third-order valence-electron chi connectivity index (χ3n) is 3.34. The maximum atomic E-state index is 9.89. The average molecular weight is 389 g/mol. The summed E-state index contributed by atoms with van der Waals surface area (Å²) in [6.45, 7) is 2.00. The van der Waals surface area contributed by atoms with E-state index in [0.29, 0.717) is 16.2 Å². The van der Waals surface area contributed by atoms with Crippen LogP contribution in [0.5, 0.6) is 5.75 Å². The molecule has 2 aromatic carbocycles. The molecule has 116 valence electrons. The predicted molar refractivity (Wildman–Crippen MR) is 96.4 cm³/mol. The Hall–Kier alpha value is -2.25. The van der Waals surface area contributed by atoms with Crippen molar-refractivity contribution in [3.05, 3.63) is 62.8 Å². The average Bonchev–Trinajstić information content (AvgIpc) is 2.89. The molecule has 1 aromatic heterocycles. The number of nitrogens with zero attached hydrogens (tertiary/aromatic N) is 3. The Morgan fingerprint density at radius 2 is 2.09 bits per heavy atom. The van der Waals surface area contributed by atoms with Gasteiger partial charge in [0.2, 0.25) is 4.77 Å². The van der Waals surface area contributed by atoms with Gasteiger partial charge in [0.1, 0.15) is 5.75 Å². The summed E-state index contributed by atoms with van der Waals surface area (Å²) in [4.78, 5) is 0. The van der Waals surface area contributed by atoms with E-state index in [2.05, 4.69) is 31.2 Å². The molecule has 7 heteroatoms. The third-order valence-corrected chi connectivity index (χ3v) is 4.10. The molecule has 0 radical (unpaired) electrons. The number of nitrogens with one attached hydrogen (secondary N) is 1. The Labute approximate surface area is 146 Å². The minimum atomic E-state index is 0.143. The molecule has 5 nitrogen and oxygen atoms in total. The molecule has 0 saturated heterocycles. The van der Waals surface area contributed by atoms with Crippen molar-refractivity contribution >= 4 is 34.4 Å². The van der Waals surface area contributed by atoms with Gasteiger partial charge in [-0.05, 0) is 42.9 Å². The number of benzene rings is 2. The Kier molecular flexibility index (Phi) is 4.40. The summed E-state index contributed by atoms with van der Waals surface area (Å²) in [6, 6.07) is 13.0. The molecular weight excluding hydrogens is 376 g/mol. The van der Waals surface area contributed by atoms with E-state index in [1.807, 2.05) is 31.2 Å². The van der Waals surface area contributed by atoms with Crippen molar-refractivity contribution in [2.75, 3.05) is 0 Å². The fourth-order valence-electron chi connectivity index (χ4n) is 2.15. The van der Waals surface area contributed by atoms with Crippen LogP contribution in [0, 0.1) is 11.7 Å². The van der Waals surface area contributed by atoms with Crippen LogP contribution in [0.4, 0.5) is 0 Å². The van der Waals surface area contributed by atoms with Gasteiger partial charge in [-0.2, -0.15) is 14.9 Å². The van der Waals surface area contributed by atoms with Gasteiger partial charge in [0.15, 0.2) is 5.82 Å². The van der Waals surface area contributed by atoms with E-state index >= 15 is 0 Å². The van der Waals surface area contributed by atoms with Crippen LogP contribution in [0.3, 0.4) is 0 Å². The molecule has 3 aromatic rings. The molecule has 0 aliphatic rings. The fourth-order valence-corrected chi connectivity index (χ4v) is 2.70. The van der Waals surface area contributed by atoms with Crippen molar-refractivity contribution < 1.29 is 5.11 Å². The quantitative estimate of drug-likeness (QED) is 0.520. The number of phenols is 1. The van der Waals surface area contributed by atoms with Crippen molar-refractivity contribution in [2.24, 2.45) is 5.10 Å². The van der Waals surface area contributed by atoms with Crippen molar-refractivity contribution in [2.45, 2.75) is 6.92 Å². The van der Waals surface area contributed by atoms with Gasteiger partial charge in [-0.25, -0.2) is 5.10 Å². The molecule has 0 bridgehead atoms. The largest absolute Gasteiger partial charge is 0.507 e. The summed E-state index contributed by atoms with van der Waals surface area (Å²) in [5, 5.41) is 21.3. The maximum absolute atomic E-state index is 9.89. The summed E-state index contributed by atoms with van der Waals surface area (Å²) in [7, 11) is 0. The van der Waals surface area contributed by atoms with Gasteiger partial charge >= 0.3 is 0 Å². The van der Waals surface area contributed by atoms with E-state index in [9.17, 15) is 5.11 Å². The second-order valence-electron chi connectivity index (χ2n) is 4.93. The molecule has 0 atom stereocenters. The van der Waals surface area contributed by atoms with Crippen LogP contribution in [0.2, 0.25) is 0 Å². The summed E-state index contributed by atoms with van der Waals surface area (Å²) in [5.41, 5.74) is 2.59. The molecule has 0 saturated carbocycles. The van der Waals surface area contributed by atoms with Gasteiger partial charge in [-0.15, -0.1) is 0 Å². The minimum absolute atomic E-state index is 0.143. The molecule has 3 rings (SSSR count). The first-order valence-corrected chi connectivity index (χ1v) is 8.02. The Morgan fingerprint density at radius 3 is 2.87 bits per heavy atom. The standard InChI is InChI=1S/C16H13BrN4OS/c1-10-4-2-3-5-13(10)15-19-20-16(23)21(15)18-9-11-8-12(17)6-7-14(11)22/h2-9,22H,1H3,(H,20,23). The highest BCUT2D eigenvalue weighted by molar-refractivity contribution is 9.10. The number of rotatable bonds is 3. The number of aromatic amines is 1. The molecule has 2 N–H and O–H groups in total. The molecular formula is C16H13BrN4OS. The highest BCUT2D eigenvalue weighted by Gasteiger charge is 2.10. The van der Waals surface area contributed by atoms with Gasteiger partial charge in [-0.3, -0.25) is 0 Å².